The summed E-state index contributed by atoms with van der Waals surface area (Å²) < 4.78 is 9.91. The van der Waals surface area contributed by atoms with Crippen molar-refractivity contribution in [1.29, 1.82) is 0 Å². The van der Waals surface area contributed by atoms with Gasteiger partial charge in [-0.1, -0.05) is 29.8 Å². The molecule has 2 rings (SSSR count). The lowest BCUT2D eigenvalue weighted by molar-refractivity contribution is -0.139. The molecule has 0 saturated carbocycles. The number of halogens is 1. The summed E-state index contributed by atoms with van der Waals surface area (Å²) in [4.78, 5) is 24.6. The van der Waals surface area contributed by atoms with Crippen LogP contribution in [0, 0.1) is 0 Å². The molecule has 0 bridgehead atoms. The number of hydrogen-bond donors (Lipinski definition) is 2. The number of esters is 2. The van der Waals surface area contributed by atoms with Gasteiger partial charge in [-0.15, -0.1) is 0 Å². The molecule has 1 unspecified atom stereocenters. The molecule has 0 radical (unpaired) electrons. The van der Waals surface area contributed by atoms with E-state index in [1.54, 1.807) is 31.2 Å². The summed E-state index contributed by atoms with van der Waals surface area (Å²) in [5.41, 5.74) is 1.14. The van der Waals surface area contributed by atoms with Crippen LogP contribution in [-0.2, 0) is 19.1 Å². The minimum absolute atomic E-state index is 0.135. The highest BCUT2D eigenvalue weighted by molar-refractivity contribution is 6.31. The van der Waals surface area contributed by atoms with E-state index in [2.05, 4.69) is 5.32 Å². The van der Waals surface area contributed by atoms with E-state index in [1.165, 1.54) is 13.3 Å². The molecule has 0 fully saturated rings. The maximum absolute atomic E-state index is 12.5. The number of ether oxygens (including phenoxy) is 2. The Morgan fingerprint density at radius 3 is 2.58 bits per heavy atom. The SMILES string of the molecule is CCOC(=O)C1=C(CO)NC=C(C(=O)OC)C1c1ccccc1Cl. The first kappa shape index (κ1) is 18.0. The third kappa shape index (κ3) is 3.44. The standard InChI is InChI=1S/C17H18ClNO5/c1-3-24-17(22)15-13(9-20)19-8-11(16(21)23-2)14(15)10-6-4-5-7-12(10)18/h4-8,14,19-20H,3,9H2,1-2H3. The lowest BCUT2D eigenvalue weighted by atomic mass is 9.82. The summed E-state index contributed by atoms with van der Waals surface area (Å²) in [7, 11) is 1.25. The molecule has 0 aromatic heterocycles. The second-order valence-corrected chi connectivity index (χ2v) is 5.37. The molecule has 1 heterocycles. The van der Waals surface area contributed by atoms with E-state index in [4.69, 9.17) is 21.1 Å². The lowest BCUT2D eigenvalue weighted by Gasteiger charge is -2.28. The van der Waals surface area contributed by atoms with Crippen molar-refractivity contribution in [3.8, 4) is 0 Å². The molecule has 1 aromatic rings. The number of carbonyl (C=O) groups excluding carboxylic acids is 2. The first-order chi connectivity index (χ1) is 11.5. The normalized spacial score (nSPS) is 17.0. The van der Waals surface area contributed by atoms with Gasteiger partial charge in [0, 0.05) is 11.2 Å². The van der Waals surface area contributed by atoms with E-state index in [0.29, 0.717) is 10.6 Å². The Balaban J connectivity index is 2.65. The molecular formula is C17H18ClNO5. The minimum Gasteiger partial charge on any atom is -0.466 e. The molecule has 0 aliphatic carbocycles. The molecule has 7 heteroatoms. The Hall–Kier alpha value is -2.31. The second kappa shape index (κ2) is 7.99. The van der Waals surface area contributed by atoms with Gasteiger partial charge in [0.1, 0.15) is 0 Å². The van der Waals surface area contributed by atoms with Gasteiger partial charge in [0.2, 0.25) is 0 Å². The number of rotatable bonds is 5. The summed E-state index contributed by atoms with van der Waals surface area (Å²) in [6, 6.07) is 6.87. The predicted molar refractivity (Wildman–Crippen MR) is 88.2 cm³/mol. The Morgan fingerprint density at radius 1 is 1.29 bits per heavy atom. The fraction of sp³-hybridized carbons (Fsp3) is 0.294. The van der Waals surface area contributed by atoms with E-state index < -0.39 is 24.5 Å². The molecule has 1 aliphatic heterocycles. The van der Waals surface area contributed by atoms with E-state index >= 15 is 0 Å². The van der Waals surface area contributed by atoms with Gasteiger partial charge >= 0.3 is 11.9 Å². The molecule has 6 nitrogen and oxygen atoms in total. The number of carbonyl (C=O) groups is 2. The fourth-order valence-corrected chi connectivity index (χ4v) is 2.81. The maximum atomic E-state index is 12.5. The van der Waals surface area contributed by atoms with Gasteiger partial charge in [0.25, 0.3) is 0 Å². The van der Waals surface area contributed by atoms with Crippen LogP contribution in [0.3, 0.4) is 0 Å². The molecule has 1 aliphatic rings. The largest absolute Gasteiger partial charge is 0.466 e. The molecule has 24 heavy (non-hydrogen) atoms. The number of aliphatic hydroxyl groups excluding tert-OH is 1. The summed E-state index contributed by atoms with van der Waals surface area (Å²) in [5, 5.41) is 12.7. The molecule has 0 amide bonds. The summed E-state index contributed by atoms with van der Waals surface area (Å²) >= 11 is 6.27. The Labute approximate surface area is 144 Å². The molecule has 1 atom stereocenters. The van der Waals surface area contributed by atoms with Crippen LogP contribution >= 0.6 is 11.6 Å². The van der Waals surface area contributed by atoms with Gasteiger partial charge in [-0.25, -0.2) is 9.59 Å². The van der Waals surface area contributed by atoms with Gasteiger partial charge in [-0.2, -0.15) is 0 Å². The van der Waals surface area contributed by atoms with Gasteiger partial charge in [0.15, 0.2) is 0 Å². The average molecular weight is 352 g/mol. The Kier molecular flexibility index (Phi) is 6.00. The molecule has 2 N–H and O–H groups in total. The Morgan fingerprint density at radius 2 is 2.00 bits per heavy atom. The van der Waals surface area contributed by atoms with Gasteiger partial charge in [-0.05, 0) is 18.6 Å². The van der Waals surface area contributed by atoms with Crippen molar-refractivity contribution in [2.24, 2.45) is 0 Å². The number of aliphatic hydroxyl groups is 1. The summed E-state index contributed by atoms with van der Waals surface area (Å²) in [6.07, 6.45) is 1.41. The van der Waals surface area contributed by atoms with Crippen LogP contribution in [0.25, 0.3) is 0 Å². The van der Waals surface area contributed by atoms with Crippen LogP contribution < -0.4 is 5.32 Å². The number of methoxy groups -OCH3 is 1. The van der Waals surface area contributed by atoms with Crippen LogP contribution in [0.2, 0.25) is 5.02 Å². The van der Waals surface area contributed by atoms with Crippen molar-refractivity contribution in [3.63, 3.8) is 0 Å². The van der Waals surface area contributed by atoms with Gasteiger partial charge < -0.3 is 19.9 Å². The van der Waals surface area contributed by atoms with Crippen molar-refractivity contribution in [2.45, 2.75) is 12.8 Å². The highest BCUT2D eigenvalue weighted by atomic mass is 35.5. The lowest BCUT2D eigenvalue weighted by Crippen LogP contribution is -2.31. The van der Waals surface area contributed by atoms with E-state index in [0.717, 1.165) is 0 Å². The topological polar surface area (TPSA) is 84.9 Å². The fourth-order valence-electron chi connectivity index (χ4n) is 2.56. The number of hydrogen-bond acceptors (Lipinski definition) is 6. The first-order valence-corrected chi connectivity index (χ1v) is 7.73. The minimum atomic E-state index is -0.798. The predicted octanol–water partition coefficient (Wildman–Crippen LogP) is 1.89. The van der Waals surface area contributed by atoms with Gasteiger partial charge in [-0.3, -0.25) is 0 Å². The highest BCUT2D eigenvalue weighted by Gasteiger charge is 2.37. The summed E-state index contributed by atoms with van der Waals surface area (Å²) in [6.45, 7) is 1.42. The quantitative estimate of drug-likeness (QED) is 0.788. The average Bonchev–Trinajstić information content (AvgIpc) is 2.60. The molecule has 0 spiro atoms. The van der Waals surface area contributed by atoms with Crippen LogP contribution in [0.1, 0.15) is 18.4 Å². The van der Waals surface area contributed by atoms with Crippen molar-refractivity contribution in [2.75, 3.05) is 20.3 Å². The highest BCUT2D eigenvalue weighted by Crippen LogP contribution is 2.39. The zero-order valence-corrected chi connectivity index (χ0v) is 14.1. The third-order valence-corrected chi connectivity index (χ3v) is 3.96. The van der Waals surface area contributed by atoms with Crippen molar-refractivity contribution >= 4 is 23.5 Å². The molecule has 1 aromatic carbocycles. The van der Waals surface area contributed by atoms with E-state index in [-0.39, 0.29) is 23.5 Å². The summed E-state index contributed by atoms with van der Waals surface area (Å²) in [5.74, 6) is -2.03. The molecule has 128 valence electrons. The van der Waals surface area contributed by atoms with Crippen molar-refractivity contribution < 1.29 is 24.2 Å². The number of dihydropyridines is 1. The van der Waals surface area contributed by atoms with Crippen LogP contribution in [0.15, 0.2) is 47.3 Å². The second-order valence-electron chi connectivity index (χ2n) is 4.96. The van der Waals surface area contributed by atoms with Crippen molar-refractivity contribution in [1.82, 2.24) is 5.32 Å². The van der Waals surface area contributed by atoms with E-state index in [1.807, 2.05) is 0 Å². The maximum Gasteiger partial charge on any atom is 0.336 e. The van der Waals surface area contributed by atoms with Crippen LogP contribution in [0.4, 0.5) is 0 Å². The number of nitrogens with one attached hydrogen (secondary N) is 1. The van der Waals surface area contributed by atoms with Crippen molar-refractivity contribution in [3.05, 3.63) is 57.9 Å². The Bertz CT molecular complexity index is 711. The zero-order chi connectivity index (χ0) is 17.7. The first-order valence-electron chi connectivity index (χ1n) is 7.35. The van der Waals surface area contributed by atoms with Crippen LogP contribution in [0.5, 0.6) is 0 Å². The number of benzene rings is 1. The third-order valence-electron chi connectivity index (χ3n) is 3.62. The zero-order valence-electron chi connectivity index (χ0n) is 13.3. The van der Waals surface area contributed by atoms with Gasteiger partial charge in [0.05, 0.1) is 43.1 Å². The molecular weight excluding hydrogens is 334 g/mol. The molecule has 0 saturated heterocycles. The monoisotopic (exact) mass is 351 g/mol. The van der Waals surface area contributed by atoms with E-state index in [9.17, 15) is 14.7 Å². The smallest absolute Gasteiger partial charge is 0.336 e. The van der Waals surface area contributed by atoms with Crippen LogP contribution in [-0.4, -0.2) is 37.4 Å².